The Morgan fingerprint density at radius 2 is 2.06 bits per heavy atom. The van der Waals surface area contributed by atoms with E-state index in [-0.39, 0.29) is 5.12 Å². The molecule has 0 aromatic heterocycles. The second kappa shape index (κ2) is 5.21. The van der Waals surface area contributed by atoms with E-state index < -0.39 is 0 Å². The molecule has 0 spiro atoms. The Labute approximate surface area is 111 Å². The van der Waals surface area contributed by atoms with Crippen molar-refractivity contribution < 1.29 is 4.79 Å². The zero-order chi connectivity index (χ0) is 11.5. The molecule has 2 nitrogen and oxygen atoms in total. The van der Waals surface area contributed by atoms with Gasteiger partial charge in [0.1, 0.15) is 10.1 Å². The molecule has 1 aromatic rings. The molecule has 0 N–H and O–H groups in total. The fraction of sp³-hybridized carbons (Fsp3) is 0.0909. The number of hydrogen-bond donors (Lipinski definition) is 0. The lowest BCUT2D eigenvalue weighted by atomic mass is 10.2. The Morgan fingerprint density at radius 1 is 1.38 bits per heavy atom. The maximum atomic E-state index is 11.6. The Kier molecular flexibility index (Phi) is 3.89. The number of hydrogen-bond acceptors (Lipinski definition) is 4. The minimum atomic E-state index is 0.0206. The van der Waals surface area contributed by atoms with E-state index in [9.17, 15) is 4.79 Å². The highest BCUT2D eigenvalue weighted by Crippen LogP contribution is 2.29. The maximum Gasteiger partial charge on any atom is 0.244 e. The van der Waals surface area contributed by atoms with Crippen LogP contribution in [-0.4, -0.2) is 15.7 Å². The first-order valence-corrected chi connectivity index (χ1v) is 7.34. The summed E-state index contributed by atoms with van der Waals surface area (Å²) in [6.07, 6.45) is 3.73. The molecule has 0 atom stereocenters. The van der Waals surface area contributed by atoms with Gasteiger partial charge in [-0.05, 0) is 41.8 Å². The summed E-state index contributed by atoms with van der Waals surface area (Å²) in [6, 6.07) is 7.78. The molecule has 0 amide bonds. The molecule has 0 bridgehead atoms. The molecule has 82 valence electrons. The lowest BCUT2D eigenvalue weighted by Crippen LogP contribution is -1.87. The molecular formula is C11H8BrNOS2. The van der Waals surface area contributed by atoms with Crippen LogP contribution in [0.25, 0.3) is 6.08 Å². The number of halogens is 1. The molecule has 1 heterocycles. The minimum absolute atomic E-state index is 0.0206. The van der Waals surface area contributed by atoms with Crippen LogP contribution in [0.5, 0.6) is 0 Å². The summed E-state index contributed by atoms with van der Waals surface area (Å²) < 4.78 is 1.84. The van der Waals surface area contributed by atoms with Gasteiger partial charge in [-0.1, -0.05) is 28.1 Å². The zero-order valence-electron chi connectivity index (χ0n) is 8.44. The van der Waals surface area contributed by atoms with Crippen molar-refractivity contribution in [3.05, 3.63) is 40.0 Å². The molecular weight excluding hydrogens is 306 g/mol. The molecule has 0 radical (unpaired) electrons. The van der Waals surface area contributed by atoms with E-state index in [0.717, 1.165) is 14.4 Å². The fourth-order valence-corrected chi connectivity index (χ4v) is 2.72. The second-order valence-electron chi connectivity index (χ2n) is 3.05. The van der Waals surface area contributed by atoms with Gasteiger partial charge in [-0.2, -0.15) is 0 Å². The van der Waals surface area contributed by atoms with E-state index >= 15 is 0 Å². The molecule has 16 heavy (non-hydrogen) atoms. The molecule has 0 aliphatic carbocycles. The van der Waals surface area contributed by atoms with Gasteiger partial charge in [0.05, 0.1) is 0 Å². The topological polar surface area (TPSA) is 29.4 Å². The monoisotopic (exact) mass is 313 g/mol. The number of thioether (sulfide) groups is 2. The molecule has 1 aliphatic heterocycles. The van der Waals surface area contributed by atoms with Gasteiger partial charge < -0.3 is 0 Å². The predicted molar refractivity (Wildman–Crippen MR) is 75.7 cm³/mol. The van der Waals surface area contributed by atoms with Crippen LogP contribution in [0.1, 0.15) is 5.56 Å². The minimum Gasteiger partial charge on any atom is -0.279 e. The van der Waals surface area contributed by atoms with Crippen LogP contribution in [0.2, 0.25) is 0 Å². The van der Waals surface area contributed by atoms with Crippen molar-refractivity contribution in [3.63, 3.8) is 0 Å². The molecule has 0 unspecified atom stereocenters. The number of rotatable bonds is 1. The van der Waals surface area contributed by atoms with Crippen molar-refractivity contribution in [2.75, 3.05) is 6.26 Å². The first-order valence-electron chi connectivity index (χ1n) is 4.51. The Morgan fingerprint density at radius 3 is 2.62 bits per heavy atom. The van der Waals surface area contributed by atoms with Crippen LogP contribution < -0.4 is 0 Å². The normalized spacial score (nSPS) is 18.0. The largest absolute Gasteiger partial charge is 0.279 e. The highest BCUT2D eigenvalue weighted by molar-refractivity contribution is 9.10. The number of benzene rings is 1. The lowest BCUT2D eigenvalue weighted by molar-refractivity contribution is -0.107. The third-order valence-corrected chi connectivity index (χ3v) is 4.33. The average Bonchev–Trinajstić information content (AvgIpc) is 2.63. The van der Waals surface area contributed by atoms with Gasteiger partial charge in [0.15, 0.2) is 0 Å². The highest BCUT2D eigenvalue weighted by Gasteiger charge is 2.20. The van der Waals surface area contributed by atoms with Crippen molar-refractivity contribution >= 4 is 55.0 Å². The van der Waals surface area contributed by atoms with E-state index in [1.165, 1.54) is 23.5 Å². The molecule has 1 aliphatic rings. The first-order chi connectivity index (χ1) is 7.69. The van der Waals surface area contributed by atoms with Crippen molar-refractivity contribution in [2.24, 2.45) is 4.99 Å². The summed E-state index contributed by atoms with van der Waals surface area (Å²) in [5, 5.41) is 0.0206. The van der Waals surface area contributed by atoms with E-state index in [2.05, 4.69) is 20.9 Å². The smallest absolute Gasteiger partial charge is 0.244 e. The third kappa shape index (κ3) is 2.78. The predicted octanol–water partition coefficient (Wildman–Crippen LogP) is 3.78. The second-order valence-corrected chi connectivity index (χ2v) is 5.98. The van der Waals surface area contributed by atoms with Gasteiger partial charge in [0.25, 0.3) is 0 Å². The van der Waals surface area contributed by atoms with E-state index in [1.54, 1.807) is 0 Å². The standard InChI is InChI=1S/C11H8BrNOS2/c1-15-11-13-9(10(14)16-11)6-7-2-4-8(12)5-3-7/h2-6H,1H3/b9-6-. The van der Waals surface area contributed by atoms with E-state index in [4.69, 9.17) is 0 Å². The molecule has 0 saturated carbocycles. The quantitative estimate of drug-likeness (QED) is 0.739. The van der Waals surface area contributed by atoms with Gasteiger partial charge in [0.2, 0.25) is 5.12 Å². The van der Waals surface area contributed by atoms with Crippen LogP contribution >= 0.6 is 39.5 Å². The van der Waals surface area contributed by atoms with Crippen molar-refractivity contribution in [3.8, 4) is 0 Å². The van der Waals surface area contributed by atoms with Crippen molar-refractivity contribution in [1.82, 2.24) is 0 Å². The number of carbonyl (C=O) groups is 1. The number of nitrogens with zero attached hydrogens (tertiary/aromatic N) is 1. The summed E-state index contributed by atoms with van der Waals surface area (Å²) in [5.74, 6) is 0. The Bertz CT molecular complexity index is 479. The third-order valence-electron chi connectivity index (χ3n) is 1.95. The van der Waals surface area contributed by atoms with Crippen LogP contribution in [-0.2, 0) is 4.79 Å². The zero-order valence-corrected chi connectivity index (χ0v) is 11.7. The van der Waals surface area contributed by atoms with Crippen LogP contribution in [0.3, 0.4) is 0 Å². The van der Waals surface area contributed by atoms with Crippen LogP contribution in [0, 0.1) is 0 Å². The fourth-order valence-electron chi connectivity index (χ4n) is 1.19. The summed E-state index contributed by atoms with van der Waals surface area (Å²) in [7, 11) is 0. The van der Waals surface area contributed by atoms with Crippen molar-refractivity contribution in [2.45, 2.75) is 0 Å². The molecule has 0 fully saturated rings. The van der Waals surface area contributed by atoms with Crippen molar-refractivity contribution in [1.29, 1.82) is 0 Å². The van der Waals surface area contributed by atoms with E-state index in [0.29, 0.717) is 5.70 Å². The molecule has 1 aromatic carbocycles. The van der Waals surface area contributed by atoms with E-state index in [1.807, 2.05) is 36.6 Å². The number of carbonyl (C=O) groups excluding carboxylic acids is 1. The summed E-state index contributed by atoms with van der Waals surface area (Å²) in [5.41, 5.74) is 1.51. The summed E-state index contributed by atoms with van der Waals surface area (Å²) in [6.45, 7) is 0. The van der Waals surface area contributed by atoms with Gasteiger partial charge in [-0.15, -0.1) is 11.8 Å². The molecule has 5 heteroatoms. The lowest BCUT2D eigenvalue weighted by Gasteiger charge is -1.94. The summed E-state index contributed by atoms with van der Waals surface area (Å²) in [4.78, 5) is 15.8. The maximum absolute atomic E-state index is 11.6. The highest BCUT2D eigenvalue weighted by atomic mass is 79.9. The van der Waals surface area contributed by atoms with Gasteiger partial charge in [0, 0.05) is 4.47 Å². The average molecular weight is 314 g/mol. The Balaban J connectivity index is 2.28. The SMILES string of the molecule is CSC1=N/C(=C\c2ccc(Br)cc2)C(=O)S1. The van der Waals surface area contributed by atoms with Gasteiger partial charge in [-0.25, -0.2) is 4.99 Å². The Hall–Kier alpha value is -0.520. The molecule has 2 rings (SSSR count). The summed E-state index contributed by atoms with van der Waals surface area (Å²) >= 11 is 6.06. The van der Waals surface area contributed by atoms with Crippen LogP contribution in [0.4, 0.5) is 0 Å². The first kappa shape index (κ1) is 12.0. The van der Waals surface area contributed by atoms with Gasteiger partial charge >= 0.3 is 0 Å². The van der Waals surface area contributed by atoms with Crippen LogP contribution in [0.15, 0.2) is 39.4 Å². The van der Waals surface area contributed by atoms with Gasteiger partial charge in [-0.3, -0.25) is 4.79 Å². The molecule has 0 saturated heterocycles. The number of aliphatic imine (C=N–C) groups is 1.